The van der Waals surface area contributed by atoms with Crippen LogP contribution in [0.2, 0.25) is 0 Å². The lowest BCUT2D eigenvalue weighted by molar-refractivity contribution is 0.284. The molecule has 2 heterocycles. The molecule has 7 heteroatoms. The molecule has 1 unspecified atom stereocenters. The van der Waals surface area contributed by atoms with Crippen molar-refractivity contribution in [2.45, 2.75) is 53.1 Å². The molecule has 110 valence electrons. The van der Waals surface area contributed by atoms with Gasteiger partial charge in [-0.15, -0.1) is 0 Å². The summed E-state index contributed by atoms with van der Waals surface area (Å²) in [5, 5.41) is 11.1. The van der Waals surface area contributed by atoms with Gasteiger partial charge in [-0.1, -0.05) is 38.0 Å². The van der Waals surface area contributed by atoms with Gasteiger partial charge in [0, 0.05) is 5.92 Å². The Labute approximate surface area is 118 Å². The van der Waals surface area contributed by atoms with Crippen LogP contribution in [0, 0.1) is 12.8 Å². The molecule has 2 aromatic rings. The molecule has 0 aliphatic heterocycles. The number of aryl methyl sites for hydroxylation is 1. The molecule has 1 atom stereocenters. The van der Waals surface area contributed by atoms with E-state index in [9.17, 15) is 0 Å². The van der Waals surface area contributed by atoms with E-state index in [1.165, 1.54) is 0 Å². The van der Waals surface area contributed by atoms with Crippen LogP contribution >= 0.6 is 0 Å². The molecule has 0 saturated carbocycles. The Morgan fingerprint density at radius 1 is 1.00 bits per heavy atom. The Kier molecular flexibility index (Phi) is 4.49. The van der Waals surface area contributed by atoms with Crippen molar-refractivity contribution in [1.82, 2.24) is 25.6 Å². The van der Waals surface area contributed by atoms with Gasteiger partial charge in [0.1, 0.15) is 0 Å². The second kappa shape index (κ2) is 6.13. The van der Waals surface area contributed by atoms with Gasteiger partial charge in [-0.05, 0) is 12.8 Å². The maximum absolute atomic E-state index is 5.23. The summed E-state index contributed by atoms with van der Waals surface area (Å²) < 4.78 is 10.4. The Balaban J connectivity index is 2.02. The summed E-state index contributed by atoms with van der Waals surface area (Å²) >= 11 is 0. The highest BCUT2D eigenvalue weighted by molar-refractivity contribution is 4.95. The number of nitrogens with zero attached hydrogens (tertiary/aromatic N) is 4. The van der Waals surface area contributed by atoms with Gasteiger partial charge in [0.15, 0.2) is 11.6 Å². The molecule has 20 heavy (non-hydrogen) atoms. The third kappa shape index (κ3) is 3.41. The zero-order valence-corrected chi connectivity index (χ0v) is 12.5. The van der Waals surface area contributed by atoms with Crippen LogP contribution in [-0.4, -0.2) is 20.3 Å². The van der Waals surface area contributed by atoms with E-state index in [4.69, 9.17) is 9.05 Å². The van der Waals surface area contributed by atoms with Crippen LogP contribution in [-0.2, 0) is 6.54 Å². The molecule has 0 aliphatic rings. The highest BCUT2D eigenvalue weighted by Crippen LogP contribution is 2.20. The largest absolute Gasteiger partial charge is 0.339 e. The first-order chi connectivity index (χ1) is 9.47. The van der Waals surface area contributed by atoms with Crippen molar-refractivity contribution in [3.63, 3.8) is 0 Å². The number of hydrogen-bond acceptors (Lipinski definition) is 7. The monoisotopic (exact) mass is 279 g/mol. The standard InChI is InChI=1S/C13H21N5O2/c1-7(2)11(13-15-9(5)17-20-13)14-6-10-16-12(8(3)4)19-18-10/h7-8,11,14H,6H2,1-5H3. The summed E-state index contributed by atoms with van der Waals surface area (Å²) in [6.45, 7) is 10.5. The molecule has 0 aromatic carbocycles. The van der Waals surface area contributed by atoms with E-state index in [-0.39, 0.29) is 12.0 Å². The third-order valence-corrected chi connectivity index (χ3v) is 2.93. The van der Waals surface area contributed by atoms with Gasteiger partial charge in [-0.25, -0.2) is 0 Å². The maximum Gasteiger partial charge on any atom is 0.244 e. The zero-order valence-electron chi connectivity index (χ0n) is 12.5. The van der Waals surface area contributed by atoms with Gasteiger partial charge in [0.2, 0.25) is 11.8 Å². The first-order valence-electron chi connectivity index (χ1n) is 6.83. The van der Waals surface area contributed by atoms with E-state index >= 15 is 0 Å². The van der Waals surface area contributed by atoms with Crippen LogP contribution < -0.4 is 5.32 Å². The molecule has 0 amide bonds. The van der Waals surface area contributed by atoms with Gasteiger partial charge in [-0.2, -0.15) is 9.97 Å². The Hall–Kier alpha value is -1.76. The predicted molar refractivity (Wildman–Crippen MR) is 71.8 cm³/mol. The second-order valence-electron chi connectivity index (χ2n) is 5.49. The van der Waals surface area contributed by atoms with Crippen LogP contribution in [0.15, 0.2) is 9.05 Å². The highest BCUT2D eigenvalue weighted by Gasteiger charge is 2.22. The first-order valence-corrected chi connectivity index (χ1v) is 6.83. The van der Waals surface area contributed by atoms with Gasteiger partial charge >= 0.3 is 0 Å². The molecule has 2 aromatic heterocycles. The molecule has 0 fully saturated rings. The van der Waals surface area contributed by atoms with Crippen LogP contribution in [0.25, 0.3) is 0 Å². The summed E-state index contributed by atoms with van der Waals surface area (Å²) in [5.74, 6) is 3.05. The summed E-state index contributed by atoms with van der Waals surface area (Å²) in [6.07, 6.45) is 0. The fraction of sp³-hybridized carbons (Fsp3) is 0.692. The van der Waals surface area contributed by atoms with Crippen molar-refractivity contribution in [2.75, 3.05) is 0 Å². The van der Waals surface area contributed by atoms with Gasteiger partial charge < -0.3 is 9.05 Å². The minimum absolute atomic E-state index is 0.0304. The fourth-order valence-electron chi connectivity index (χ4n) is 1.82. The summed E-state index contributed by atoms with van der Waals surface area (Å²) in [5.41, 5.74) is 0. The van der Waals surface area contributed by atoms with Crippen molar-refractivity contribution < 1.29 is 9.05 Å². The average Bonchev–Trinajstić information content (AvgIpc) is 2.98. The normalized spacial score (nSPS) is 13.3. The van der Waals surface area contributed by atoms with Gasteiger partial charge in [-0.3, -0.25) is 5.32 Å². The van der Waals surface area contributed by atoms with Crippen LogP contribution in [0.5, 0.6) is 0 Å². The lowest BCUT2D eigenvalue weighted by atomic mass is 10.0. The molecule has 1 N–H and O–H groups in total. The highest BCUT2D eigenvalue weighted by atomic mass is 16.5. The van der Waals surface area contributed by atoms with E-state index in [1.807, 2.05) is 13.8 Å². The molecular formula is C13H21N5O2. The Morgan fingerprint density at radius 3 is 2.20 bits per heavy atom. The number of aromatic nitrogens is 4. The van der Waals surface area contributed by atoms with Crippen molar-refractivity contribution in [2.24, 2.45) is 5.92 Å². The third-order valence-electron chi connectivity index (χ3n) is 2.93. The molecule has 0 aliphatic carbocycles. The molecule has 0 bridgehead atoms. The van der Waals surface area contributed by atoms with E-state index in [0.29, 0.717) is 35.9 Å². The lowest BCUT2D eigenvalue weighted by Gasteiger charge is -2.17. The Bertz CT molecular complexity index is 546. The second-order valence-corrected chi connectivity index (χ2v) is 5.49. The van der Waals surface area contributed by atoms with Crippen molar-refractivity contribution in [1.29, 1.82) is 0 Å². The molecule has 2 rings (SSSR count). The number of nitrogens with one attached hydrogen (secondary N) is 1. The minimum atomic E-state index is -0.0304. The minimum Gasteiger partial charge on any atom is -0.339 e. The smallest absolute Gasteiger partial charge is 0.244 e. The van der Waals surface area contributed by atoms with Crippen LogP contribution in [0.1, 0.15) is 63.1 Å². The van der Waals surface area contributed by atoms with Crippen LogP contribution in [0.4, 0.5) is 0 Å². The van der Waals surface area contributed by atoms with E-state index in [0.717, 1.165) is 0 Å². The molecule has 7 nitrogen and oxygen atoms in total. The Morgan fingerprint density at radius 2 is 1.70 bits per heavy atom. The molecular weight excluding hydrogens is 258 g/mol. The number of hydrogen-bond donors (Lipinski definition) is 1. The fourth-order valence-corrected chi connectivity index (χ4v) is 1.82. The zero-order chi connectivity index (χ0) is 14.7. The summed E-state index contributed by atoms with van der Waals surface area (Å²) in [7, 11) is 0. The maximum atomic E-state index is 5.23. The summed E-state index contributed by atoms with van der Waals surface area (Å²) in [4.78, 5) is 8.61. The molecule has 0 spiro atoms. The van der Waals surface area contributed by atoms with Gasteiger partial charge in [0.25, 0.3) is 0 Å². The van der Waals surface area contributed by atoms with Gasteiger partial charge in [0.05, 0.1) is 12.6 Å². The van der Waals surface area contributed by atoms with E-state index < -0.39 is 0 Å². The lowest BCUT2D eigenvalue weighted by Crippen LogP contribution is -2.26. The molecule has 0 saturated heterocycles. The van der Waals surface area contributed by atoms with Crippen molar-refractivity contribution in [3.8, 4) is 0 Å². The number of rotatable bonds is 6. The quantitative estimate of drug-likeness (QED) is 0.868. The van der Waals surface area contributed by atoms with Crippen molar-refractivity contribution in [3.05, 3.63) is 23.4 Å². The van der Waals surface area contributed by atoms with Crippen LogP contribution in [0.3, 0.4) is 0 Å². The van der Waals surface area contributed by atoms with E-state index in [2.05, 4.69) is 39.4 Å². The topological polar surface area (TPSA) is 89.9 Å². The summed E-state index contributed by atoms with van der Waals surface area (Å²) in [6, 6.07) is -0.0304. The van der Waals surface area contributed by atoms with Crippen molar-refractivity contribution >= 4 is 0 Å². The predicted octanol–water partition coefficient (Wildman–Crippen LogP) is 2.37. The molecule has 0 radical (unpaired) electrons. The average molecular weight is 279 g/mol. The van der Waals surface area contributed by atoms with E-state index in [1.54, 1.807) is 6.92 Å². The first kappa shape index (κ1) is 14.6. The SMILES string of the molecule is Cc1noc(C(NCc2noc(C(C)C)n2)C(C)C)n1.